The van der Waals surface area contributed by atoms with Crippen LogP contribution in [-0.4, -0.2) is 48.6 Å². The van der Waals surface area contributed by atoms with E-state index in [2.05, 4.69) is 39.5 Å². The van der Waals surface area contributed by atoms with Gasteiger partial charge in [0.05, 0.1) is 17.2 Å². The van der Waals surface area contributed by atoms with Crippen molar-refractivity contribution in [2.75, 3.05) is 32.1 Å². The Balaban J connectivity index is 1.54. The Bertz CT molecular complexity index is 743. The normalized spacial score (nSPS) is 20.7. The van der Waals surface area contributed by atoms with Crippen LogP contribution in [0.5, 0.6) is 0 Å². The van der Waals surface area contributed by atoms with Gasteiger partial charge in [-0.15, -0.1) is 0 Å². The Hall–Kier alpha value is -1.76. The summed E-state index contributed by atoms with van der Waals surface area (Å²) in [6.07, 6.45) is 1.53. The van der Waals surface area contributed by atoms with Crippen molar-refractivity contribution in [1.82, 2.24) is 9.88 Å². The zero-order valence-electron chi connectivity index (χ0n) is 13.0. The topological polar surface area (TPSA) is 54.5 Å². The standard InChI is InChI=1S/C17H19N3O2S/c1-20-8-9-22-14(10-20)16(21)19-17-18-13-7-6-11-4-2-3-5-12(11)15(13)23-17/h2-5,14H,6-10H2,1H3,(H,18,19,21). The largest absolute Gasteiger partial charge is 0.366 e. The van der Waals surface area contributed by atoms with Gasteiger partial charge in [0.15, 0.2) is 5.13 Å². The molecule has 1 aliphatic carbocycles. The predicted molar refractivity (Wildman–Crippen MR) is 90.8 cm³/mol. The molecule has 1 aliphatic heterocycles. The molecule has 0 bridgehead atoms. The maximum atomic E-state index is 12.4. The van der Waals surface area contributed by atoms with Crippen LogP contribution in [0.1, 0.15) is 11.3 Å². The summed E-state index contributed by atoms with van der Waals surface area (Å²) >= 11 is 1.56. The van der Waals surface area contributed by atoms with Gasteiger partial charge in [-0.3, -0.25) is 10.1 Å². The fourth-order valence-corrected chi connectivity index (χ4v) is 4.20. The maximum Gasteiger partial charge on any atom is 0.256 e. The highest BCUT2D eigenvalue weighted by Crippen LogP contribution is 2.39. The molecule has 2 heterocycles. The number of fused-ring (bicyclic) bond motifs is 3. The molecule has 1 aromatic carbocycles. The summed E-state index contributed by atoms with van der Waals surface area (Å²) in [6.45, 7) is 2.09. The van der Waals surface area contributed by atoms with Crippen molar-refractivity contribution in [2.45, 2.75) is 18.9 Å². The average Bonchev–Trinajstić information content (AvgIpc) is 2.97. The van der Waals surface area contributed by atoms with E-state index in [1.807, 2.05) is 7.05 Å². The van der Waals surface area contributed by atoms with E-state index in [0.717, 1.165) is 25.1 Å². The summed E-state index contributed by atoms with van der Waals surface area (Å²) in [5, 5.41) is 3.61. The molecular weight excluding hydrogens is 310 g/mol. The first-order chi connectivity index (χ1) is 11.2. The van der Waals surface area contributed by atoms with Crippen LogP contribution < -0.4 is 5.32 Å². The fourth-order valence-electron chi connectivity index (χ4n) is 3.12. The minimum absolute atomic E-state index is 0.101. The van der Waals surface area contributed by atoms with Crippen molar-refractivity contribution in [3.05, 3.63) is 35.5 Å². The fraction of sp³-hybridized carbons (Fsp3) is 0.412. The zero-order valence-corrected chi connectivity index (χ0v) is 13.9. The molecule has 1 amide bonds. The van der Waals surface area contributed by atoms with Crippen LogP contribution in [0.3, 0.4) is 0 Å². The number of hydrogen-bond donors (Lipinski definition) is 1. The molecule has 1 atom stereocenters. The van der Waals surface area contributed by atoms with Crippen molar-refractivity contribution in [1.29, 1.82) is 0 Å². The van der Waals surface area contributed by atoms with E-state index in [-0.39, 0.29) is 5.91 Å². The Morgan fingerprint density at radius 1 is 1.39 bits per heavy atom. The van der Waals surface area contributed by atoms with Crippen molar-refractivity contribution < 1.29 is 9.53 Å². The van der Waals surface area contributed by atoms with Gasteiger partial charge in [0, 0.05) is 13.1 Å². The second kappa shape index (κ2) is 6.03. The Morgan fingerprint density at radius 2 is 2.26 bits per heavy atom. The number of carbonyl (C=O) groups excluding carboxylic acids is 1. The number of carbonyl (C=O) groups is 1. The number of ether oxygens (including phenoxy) is 1. The van der Waals surface area contributed by atoms with E-state index in [4.69, 9.17) is 4.74 Å². The molecule has 1 N–H and O–H groups in total. The Labute approximate surface area is 139 Å². The van der Waals surface area contributed by atoms with Gasteiger partial charge in [0.2, 0.25) is 0 Å². The molecule has 1 aromatic heterocycles. The Morgan fingerprint density at radius 3 is 3.13 bits per heavy atom. The number of hydrogen-bond acceptors (Lipinski definition) is 5. The van der Waals surface area contributed by atoms with E-state index in [1.54, 1.807) is 11.3 Å². The van der Waals surface area contributed by atoms with Gasteiger partial charge in [0.25, 0.3) is 5.91 Å². The van der Waals surface area contributed by atoms with Crippen LogP contribution >= 0.6 is 11.3 Å². The van der Waals surface area contributed by atoms with Gasteiger partial charge < -0.3 is 9.64 Å². The van der Waals surface area contributed by atoms with Crippen LogP contribution in [0.15, 0.2) is 24.3 Å². The van der Waals surface area contributed by atoms with Gasteiger partial charge in [-0.2, -0.15) is 0 Å². The first-order valence-electron chi connectivity index (χ1n) is 7.90. The number of benzene rings is 1. The molecule has 23 heavy (non-hydrogen) atoms. The molecule has 1 fully saturated rings. The lowest BCUT2D eigenvalue weighted by Crippen LogP contribution is -2.46. The summed E-state index contributed by atoms with van der Waals surface area (Å²) in [5.74, 6) is -0.101. The minimum atomic E-state index is -0.415. The predicted octanol–water partition coefficient (Wildman–Crippen LogP) is 2.18. The summed E-state index contributed by atoms with van der Waals surface area (Å²) in [6, 6.07) is 8.43. The van der Waals surface area contributed by atoms with Gasteiger partial charge in [-0.05, 0) is 31.0 Å². The van der Waals surface area contributed by atoms with Crippen LogP contribution in [0.2, 0.25) is 0 Å². The summed E-state index contributed by atoms with van der Waals surface area (Å²) < 4.78 is 5.56. The summed E-state index contributed by atoms with van der Waals surface area (Å²) in [5.41, 5.74) is 3.70. The Kier molecular flexibility index (Phi) is 3.88. The number of morpholine rings is 1. The van der Waals surface area contributed by atoms with Crippen LogP contribution in [-0.2, 0) is 22.4 Å². The summed E-state index contributed by atoms with van der Waals surface area (Å²) in [7, 11) is 2.00. The molecule has 2 aromatic rings. The van der Waals surface area contributed by atoms with E-state index >= 15 is 0 Å². The maximum absolute atomic E-state index is 12.4. The number of aromatic nitrogens is 1. The number of thiazole rings is 1. The van der Waals surface area contributed by atoms with Crippen LogP contribution in [0.4, 0.5) is 5.13 Å². The van der Waals surface area contributed by atoms with Crippen LogP contribution in [0.25, 0.3) is 10.4 Å². The number of likely N-dealkylation sites (N-methyl/N-ethyl adjacent to an activating group) is 1. The number of nitrogens with one attached hydrogen (secondary N) is 1. The number of aryl methyl sites for hydroxylation is 2. The molecule has 6 heteroatoms. The van der Waals surface area contributed by atoms with Crippen molar-refractivity contribution in [3.8, 4) is 10.4 Å². The van der Waals surface area contributed by atoms with E-state index in [1.165, 1.54) is 16.0 Å². The number of nitrogens with zero attached hydrogens (tertiary/aromatic N) is 2. The SMILES string of the molecule is CN1CCOC(C(=O)Nc2nc3c(s2)-c2ccccc2CC3)C1. The number of rotatable bonds is 2. The first-order valence-corrected chi connectivity index (χ1v) is 8.71. The lowest BCUT2D eigenvalue weighted by Gasteiger charge is -2.28. The summed E-state index contributed by atoms with van der Waals surface area (Å²) in [4.78, 5) is 20.3. The van der Waals surface area contributed by atoms with E-state index < -0.39 is 6.10 Å². The molecule has 0 radical (unpaired) electrons. The zero-order chi connectivity index (χ0) is 15.8. The molecule has 0 spiro atoms. The molecule has 5 nitrogen and oxygen atoms in total. The van der Waals surface area contributed by atoms with Gasteiger partial charge in [-0.1, -0.05) is 35.6 Å². The highest BCUT2D eigenvalue weighted by molar-refractivity contribution is 7.19. The second-order valence-corrected chi connectivity index (χ2v) is 7.06. The molecule has 1 saturated heterocycles. The van der Waals surface area contributed by atoms with Crippen molar-refractivity contribution >= 4 is 22.4 Å². The highest BCUT2D eigenvalue weighted by Gasteiger charge is 2.27. The van der Waals surface area contributed by atoms with Gasteiger partial charge in [0.1, 0.15) is 6.10 Å². The molecule has 1 unspecified atom stereocenters. The lowest BCUT2D eigenvalue weighted by atomic mass is 9.94. The molecule has 2 aliphatic rings. The van der Waals surface area contributed by atoms with Gasteiger partial charge >= 0.3 is 0 Å². The molecule has 0 saturated carbocycles. The smallest absolute Gasteiger partial charge is 0.256 e. The lowest BCUT2D eigenvalue weighted by molar-refractivity contribution is -0.132. The third kappa shape index (κ3) is 2.89. The monoisotopic (exact) mass is 329 g/mol. The number of anilines is 1. The van der Waals surface area contributed by atoms with Gasteiger partial charge in [-0.25, -0.2) is 4.98 Å². The van der Waals surface area contributed by atoms with E-state index in [9.17, 15) is 4.79 Å². The van der Waals surface area contributed by atoms with Crippen molar-refractivity contribution in [3.63, 3.8) is 0 Å². The molecule has 120 valence electrons. The van der Waals surface area contributed by atoms with Crippen LogP contribution in [0, 0.1) is 0 Å². The molecular formula is C17H19N3O2S. The number of amides is 1. The quantitative estimate of drug-likeness (QED) is 0.917. The third-order valence-corrected chi connectivity index (χ3v) is 5.43. The van der Waals surface area contributed by atoms with Crippen molar-refractivity contribution in [2.24, 2.45) is 0 Å². The third-order valence-electron chi connectivity index (χ3n) is 4.38. The second-order valence-electron chi connectivity index (χ2n) is 6.06. The minimum Gasteiger partial charge on any atom is -0.366 e. The van der Waals surface area contributed by atoms with E-state index in [0.29, 0.717) is 18.3 Å². The highest BCUT2D eigenvalue weighted by atomic mass is 32.1. The first kappa shape index (κ1) is 14.8. The molecule has 4 rings (SSSR count). The average molecular weight is 329 g/mol.